The van der Waals surface area contributed by atoms with Crippen LogP contribution in [0.5, 0.6) is 0 Å². The van der Waals surface area contributed by atoms with Crippen molar-refractivity contribution in [3.63, 3.8) is 0 Å². The molecular weight excluding hydrogens is 146 g/mol. The summed E-state index contributed by atoms with van der Waals surface area (Å²) in [6.07, 6.45) is 11.8. The Morgan fingerprint density at radius 1 is 1.42 bits per heavy atom. The van der Waals surface area contributed by atoms with Gasteiger partial charge in [0.25, 0.3) is 0 Å². The zero-order valence-electron chi connectivity index (χ0n) is 7.33. The smallest absolute Gasteiger partial charge is 0.0912 e. The van der Waals surface area contributed by atoms with Gasteiger partial charge in [-0.3, -0.25) is 0 Å². The Morgan fingerprint density at radius 3 is 2.75 bits per heavy atom. The number of nitrogens with zero attached hydrogens (tertiary/aromatic N) is 1. The van der Waals surface area contributed by atoms with Crippen molar-refractivity contribution < 1.29 is 0 Å². The highest BCUT2D eigenvalue weighted by Gasteiger charge is 1.75. The first-order chi connectivity index (χ1) is 5.81. The average Bonchev–Trinajstić information content (AvgIpc) is 2.09. The zero-order chi connectivity index (χ0) is 9.23. The van der Waals surface area contributed by atoms with Crippen LogP contribution in [0, 0.1) is 11.3 Å². The third-order valence-electron chi connectivity index (χ3n) is 1.16. The maximum atomic E-state index is 8.17. The Kier molecular flexibility index (Phi) is 6.58. The first-order valence-electron chi connectivity index (χ1n) is 3.89. The van der Waals surface area contributed by atoms with E-state index in [2.05, 4.69) is 13.5 Å². The standard InChI is InChI=1S/C11H13N/c1-3-4-8-11(2)9-6-5-7-10-12/h4-9H,2-3H2,1H3/b7-5-,8-4-,9-6-. The first kappa shape index (κ1) is 10.4. The van der Waals surface area contributed by atoms with Crippen LogP contribution in [0.25, 0.3) is 0 Å². The van der Waals surface area contributed by atoms with Gasteiger partial charge in [-0.1, -0.05) is 43.9 Å². The summed E-state index contributed by atoms with van der Waals surface area (Å²) in [5, 5.41) is 8.17. The van der Waals surface area contributed by atoms with E-state index in [0.717, 1.165) is 12.0 Å². The molecule has 0 aliphatic heterocycles. The average molecular weight is 159 g/mol. The highest BCUT2D eigenvalue weighted by molar-refractivity contribution is 5.29. The topological polar surface area (TPSA) is 23.8 Å². The number of nitriles is 1. The summed E-state index contributed by atoms with van der Waals surface area (Å²) in [6, 6.07) is 1.91. The normalized spacial score (nSPS) is 11.3. The van der Waals surface area contributed by atoms with E-state index in [1.165, 1.54) is 6.08 Å². The van der Waals surface area contributed by atoms with E-state index in [0.29, 0.717) is 0 Å². The maximum Gasteiger partial charge on any atom is 0.0912 e. The van der Waals surface area contributed by atoms with Crippen molar-refractivity contribution >= 4 is 0 Å². The van der Waals surface area contributed by atoms with Gasteiger partial charge in [0.05, 0.1) is 6.07 Å². The Balaban J connectivity index is 3.85. The van der Waals surface area contributed by atoms with E-state index in [9.17, 15) is 0 Å². The van der Waals surface area contributed by atoms with E-state index in [4.69, 9.17) is 5.26 Å². The van der Waals surface area contributed by atoms with E-state index in [-0.39, 0.29) is 0 Å². The predicted octanol–water partition coefficient (Wildman–Crippen LogP) is 3.14. The molecular formula is C11H13N. The molecule has 0 aromatic carbocycles. The van der Waals surface area contributed by atoms with Crippen LogP contribution in [-0.4, -0.2) is 0 Å². The van der Waals surface area contributed by atoms with Crippen molar-refractivity contribution in [1.82, 2.24) is 0 Å². The molecule has 62 valence electrons. The molecule has 1 nitrogen and oxygen atoms in total. The third-order valence-corrected chi connectivity index (χ3v) is 1.16. The van der Waals surface area contributed by atoms with Crippen molar-refractivity contribution in [1.29, 1.82) is 5.26 Å². The molecule has 0 rings (SSSR count). The molecule has 0 radical (unpaired) electrons. The number of allylic oxidation sites excluding steroid dienone is 7. The molecule has 0 aromatic rings. The predicted molar refractivity (Wildman–Crippen MR) is 52.5 cm³/mol. The minimum atomic E-state index is 0.944. The molecule has 0 atom stereocenters. The second-order valence-corrected chi connectivity index (χ2v) is 2.23. The molecule has 1 heteroatoms. The molecule has 0 spiro atoms. The van der Waals surface area contributed by atoms with Crippen LogP contribution in [0.2, 0.25) is 0 Å². The second-order valence-electron chi connectivity index (χ2n) is 2.23. The largest absolute Gasteiger partial charge is 0.193 e. The fraction of sp³-hybridized carbons (Fsp3) is 0.182. The van der Waals surface area contributed by atoms with Gasteiger partial charge in [-0.25, -0.2) is 0 Å². The van der Waals surface area contributed by atoms with Gasteiger partial charge in [0.1, 0.15) is 0 Å². The SMILES string of the molecule is C=C(/C=C\C=C/C#N)/C=C\CC. The van der Waals surface area contributed by atoms with Crippen LogP contribution in [-0.2, 0) is 0 Å². The summed E-state index contributed by atoms with van der Waals surface area (Å²) in [4.78, 5) is 0. The van der Waals surface area contributed by atoms with E-state index in [1.54, 1.807) is 12.2 Å². The first-order valence-corrected chi connectivity index (χ1v) is 3.89. The van der Waals surface area contributed by atoms with Crippen LogP contribution in [0.15, 0.2) is 48.6 Å². The van der Waals surface area contributed by atoms with Crippen LogP contribution in [0.1, 0.15) is 13.3 Å². The highest BCUT2D eigenvalue weighted by atomic mass is 14.2. The Hall–Kier alpha value is -1.55. The molecule has 0 aromatic heterocycles. The van der Waals surface area contributed by atoms with Crippen molar-refractivity contribution in [2.24, 2.45) is 0 Å². The Bertz CT molecular complexity index is 249. The highest BCUT2D eigenvalue weighted by Crippen LogP contribution is 1.96. The molecule has 0 saturated carbocycles. The van der Waals surface area contributed by atoms with Crippen LogP contribution < -0.4 is 0 Å². The zero-order valence-corrected chi connectivity index (χ0v) is 7.33. The van der Waals surface area contributed by atoms with Crippen LogP contribution in [0.3, 0.4) is 0 Å². The van der Waals surface area contributed by atoms with Gasteiger partial charge >= 0.3 is 0 Å². The summed E-state index contributed by atoms with van der Waals surface area (Å²) < 4.78 is 0. The van der Waals surface area contributed by atoms with Gasteiger partial charge in [-0.05, 0) is 12.0 Å². The molecule has 0 bridgehead atoms. The summed E-state index contributed by atoms with van der Waals surface area (Å²) in [6.45, 7) is 5.87. The van der Waals surface area contributed by atoms with E-state index < -0.39 is 0 Å². The molecule has 0 saturated heterocycles. The minimum absolute atomic E-state index is 0.944. The van der Waals surface area contributed by atoms with Gasteiger partial charge in [-0.15, -0.1) is 0 Å². The van der Waals surface area contributed by atoms with Gasteiger partial charge in [0, 0.05) is 6.08 Å². The molecule has 0 amide bonds. The minimum Gasteiger partial charge on any atom is -0.193 e. The fourth-order valence-corrected chi connectivity index (χ4v) is 0.603. The quantitative estimate of drug-likeness (QED) is 0.456. The van der Waals surface area contributed by atoms with Gasteiger partial charge < -0.3 is 0 Å². The summed E-state index contributed by atoms with van der Waals surface area (Å²) in [5.41, 5.74) is 0.944. The summed E-state index contributed by atoms with van der Waals surface area (Å²) in [7, 11) is 0. The van der Waals surface area contributed by atoms with E-state index >= 15 is 0 Å². The lowest BCUT2D eigenvalue weighted by Gasteiger charge is -1.85. The molecule has 0 aliphatic carbocycles. The Labute approximate surface area is 74.0 Å². The summed E-state index contributed by atoms with van der Waals surface area (Å²) >= 11 is 0. The van der Waals surface area contributed by atoms with Crippen LogP contribution >= 0.6 is 0 Å². The van der Waals surface area contributed by atoms with Crippen molar-refractivity contribution in [2.45, 2.75) is 13.3 Å². The molecule has 0 heterocycles. The monoisotopic (exact) mass is 159 g/mol. The van der Waals surface area contributed by atoms with Crippen molar-refractivity contribution in [3.05, 3.63) is 48.6 Å². The molecule has 0 unspecified atom stereocenters. The van der Waals surface area contributed by atoms with Crippen molar-refractivity contribution in [2.75, 3.05) is 0 Å². The lowest BCUT2D eigenvalue weighted by molar-refractivity contribution is 1.22. The molecule has 0 N–H and O–H groups in total. The fourth-order valence-electron chi connectivity index (χ4n) is 0.603. The number of rotatable bonds is 4. The molecule has 12 heavy (non-hydrogen) atoms. The lowest BCUT2D eigenvalue weighted by atomic mass is 10.2. The second kappa shape index (κ2) is 7.56. The number of hydrogen-bond donors (Lipinski definition) is 0. The van der Waals surface area contributed by atoms with Gasteiger partial charge in [0.2, 0.25) is 0 Å². The maximum absolute atomic E-state index is 8.17. The van der Waals surface area contributed by atoms with Crippen molar-refractivity contribution in [3.8, 4) is 6.07 Å². The van der Waals surface area contributed by atoms with E-state index in [1.807, 2.05) is 24.3 Å². The Morgan fingerprint density at radius 2 is 2.17 bits per heavy atom. The third kappa shape index (κ3) is 6.57. The summed E-state index contributed by atoms with van der Waals surface area (Å²) in [5.74, 6) is 0. The number of hydrogen-bond acceptors (Lipinski definition) is 1. The molecule has 0 aliphatic rings. The van der Waals surface area contributed by atoms with Crippen LogP contribution in [0.4, 0.5) is 0 Å². The lowest BCUT2D eigenvalue weighted by Crippen LogP contribution is -1.65. The van der Waals surface area contributed by atoms with Gasteiger partial charge in [0.15, 0.2) is 0 Å². The molecule has 0 fully saturated rings. The van der Waals surface area contributed by atoms with Gasteiger partial charge in [-0.2, -0.15) is 5.26 Å².